The molecule has 0 spiro atoms. The lowest BCUT2D eigenvalue weighted by molar-refractivity contribution is 0.642. The molecule has 1 saturated carbocycles. The first-order valence-corrected chi connectivity index (χ1v) is 3.65. The maximum absolute atomic E-state index is 5.64. The van der Waals surface area contributed by atoms with Crippen LogP contribution in [0, 0.1) is 0 Å². The van der Waals surface area contributed by atoms with E-state index in [9.17, 15) is 0 Å². The van der Waals surface area contributed by atoms with Gasteiger partial charge in [-0.1, -0.05) is 11.6 Å². The molecule has 1 aromatic heterocycles. The molecule has 54 valence electrons. The van der Waals surface area contributed by atoms with Crippen LogP contribution in [0.2, 0.25) is 5.15 Å². The Bertz CT molecular complexity index is 232. The molecule has 0 saturated heterocycles. The third kappa shape index (κ3) is 0.865. The first-order valence-electron chi connectivity index (χ1n) is 3.27. The van der Waals surface area contributed by atoms with Gasteiger partial charge in [-0.25, -0.2) is 0 Å². The number of nitrogens with zero attached hydrogens (tertiary/aromatic N) is 2. The van der Waals surface area contributed by atoms with Crippen molar-refractivity contribution in [3.05, 3.63) is 11.3 Å². The largest absolute Gasteiger partial charge is 0.395 e. The lowest BCUT2D eigenvalue weighted by Gasteiger charge is -1.91. The summed E-state index contributed by atoms with van der Waals surface area (Å²) in [6.07, 6.45) is 4.20. The first kappa shape index (κ1) is 6.04. The van der Waals surface area contributed by atoms with Gasteiger partial charge in [0.05, 0.1) is 11.7 Å². The Balaban J connectivity index is 2.34. The van der Waals surface area contributed by atoms with E-state index >= 15 is 0 Å². The third-order valence-electron chi connectivity index (χ3n) is 1.63. The van der Waals surface area contributed by atoms with Crippen LogP contribution in [0.1, 0.15) is 18.9 Å². The molecular weight excluding hydrogens is 150 g/mol. The van der Waals surface area contributed by atoms with E-state index in [2.05, 4.69) is 5.10 Å². The van der Waals surface area contributed by atoms with E-state index in [1.165, 1.54) is 12.8 Å². The van der Waals surface area contributed by atoms with Crippen molar-refractivity contribution in [2.75, 3.05) is 5.73 Å². The number of halogens is 1. The molecule has 0 atom stereocenters. The van der Waals surface area contributed by atoms with Gasteiger partial charge in [0.25, 0.3) is 0 Å². The van der Waals surface area contributed by atoms with E-state index in [-0.39, 0.29) is 0 Å². The summed E-state index contributed by atoms with van der Waals surface area (Å²) in [6, 6.07) is 0.565. The van der Waals surface area contributed by atoms with E-state index in [4.69, 9.17) is 17.3 Å². The molecule has 0 bridgehead atoms. The molecule has 10 heavy (non-hydrogen) atoms. The molecule has 2 N–H and O–H groups in total. The van der Waals surface area contributed by atoms with Crippen LogP contribution in [0.25, 0.3) is 0 Å². The van der Waals surface area contributed by atoms with E-state index < -0.39 is 0 Å². The van der Waals surface area contributed by atoms with Crippen LogP contribution in [0.4, 0.5) is 5.69 Å². The zero-order valence-electron chi connectivity index (χ0n) is 5.42. The van der Waals surface area contributed by atoms with Gasteiger partial charge in [-0.05, 0) is 12.8 Å². The number of nitrogen functional groups attached to an aromatic ring is 1. The average Bonchev–Trinajstić information content (AvgIpc) is 2.64. The maximum Gasteiger partial charge on any atom is 0.173 e. The Hall–Kier alpha value is -0.700. The molecule has 0 aromatic carbocycles. The summed E-state index contributed by atoms with van der Waals surface area (Å²) < 4.78 is 1.84. The van der Waals surface area contributed by atoms with Crippen molar-refractivity contribution in [2.24, 2.45) is 0 Å². The number of nitrogens with two attached hydrogens (primary N) is 1. The molecule has 3 nitrogen and oxygen atoms in total. The highest BCUT2D eigenvalue weighted by Gasteiger charge is 2.24. The fourth-order valence-corrected chi connectivity index (χ4v) is 1.05. The highest BCUT2D eigenvalue weighted by Crippen LogP contribution is 2.35. The summed E-state index contributed by atoms with van der Waals surface area (Å²) in [5.41, 5.74) is 6.07. The lowest BCUT2D eigenvalue weighted by atomic mass is 10.6. The van der Waals surface area contributed by atoms with Crippen LogP contribution in [-0.4, -0.2) is 9.78 Å². The standard InChI is InChI=1S/C6H8ClN3/c7-6-5(8)3-10(9-6)4-1-2-4/h3-4H,1-2,8H2. The highest BCUT2D eigenvalue weighted by molar-refractivity contribution is 6.31. The number of rotatable bonds is 1. The number of hydrogen-bond acceptors (Lipinski definition) is 2. The topological polar surface area (TPSA) is 43.8 Å². The molecule has 0 aliphatic heterocycles. The first-order chi connectivity index (χ1) is 4.77. The molecule has 1 aliphatic carbocycles. The Kier molecular flexibility index (Phi) is 1.14. The van der Waals surface area contributed by atoms with E-state index in [0.29, 0.717) is 16.9 Å². The monoisotopic (exact) mass is 157 g/mol. The molecule has 0 amide bonds. The molecule has 4 heteroatoms. The van der Waals surface area contributed by atoms with Crippen LogP contribution >= 0.6 is 11.6 Å². The Morgan fingerprint density at radius 1 is 1.70 bits per heavy atom. The van der Waals surface area contributed by atoms with Crippen molar-refractivity contribution in [1.29, 1.82) is 0 Å². The second-order valence-corrected chi connectivity index (χ2v) is 2.94. The summed E-state index contributed by atoms with van der Waals surface area (Å²) in [5, 5.41) is 4.45. The minimum absolute atomic E-state index is 0.423. The van der Waals surface area contributed by atoms with Crippen LogP contribution in [0.5, 0.6) is 0 Å². The van der Waals surface area contributed by atoms with Gasteiger partial charge in [0.1, 0.15) is 0 Å². The zero-order chi connectivity index (χ0) is 7.14. The smallest absolute Gasteiger partial charge is 0.173 e. The minimum Gasteiger partial charge on any atom is -0.395 e. The fourth-order valence-electron chi connectivity index (χ4n) is 0.910. The highest BCUT2D eigenvalue weighted by atomic mass is 35.5. The van der Waals surface area contributed by atoms with Crippen LogP contribution in [0.15, 0.2) is 6.20 Å². The summed E-state index contributed by atoms with van der Waals surface area (Å²) >= 11 is 5.64. The Morgan fingerprint density at radius 2 is 2.40 bits per heavy atom. The van der Waals surface area contributed by atoms with Crippen molar-refractivity contribution in [2.45, 2.75) is 18.9 Å². The van der Waals surface area contributed by atoms with E-state index in [1.807, 2.05) is 4.68 Å². The van der Waals surface area contributed by atoms with Gasteiger partial charge >= 0.3 is 0 Å². The van der Waals surface area contributed by atoms with Gasteiger partial charge in [-0.15, -0.1) is 0 Å². The third-order valence-corrected chi connectivity index (χ3v) is 1.93. The van der Waals surface area contributed by atoms with Crippen molar-refractivity contribution in [1.82, 2.24) is 9.78 Å². The van der Waals surface area contributed by atoms with E-state index in [0.717, 1.165) is 0 Å². The van der Waals surface area contributed by atoms with Gasteiger partial charge in [0, 0.05) is 6.20 Å². The molecular formula is C6H8ClN3. The van der Waals surface area contributed by atoms with Crippen LogP contribution in [0.3, 0.4) is 0 Å². The molecule has 1 fully saturated rings. The maximum atomic E-state index is 5.64. The Morgan fingerprint density at radius 3 is 2.80 bits per heavy atom. The zero-order valence-corrected chi connectivity index (χ0v) is 6.17. The minimum atomic E-state index is 0.423. The van der Waals surface area contributed by atoms with Crippen molar-refractivity contribution in [3.8, 4) is 0 Å². The van der Waals surface area contributed by atoms with Crippen LogP contribution in [-0.2, 0) is 0 Å². The van der Waals surface area contributed by atoms with Gasteiger partial charge in [-0.3, -0.25) is 4.68 Å². The van der Waals surface area contributed by atoms with Gasteiger partial charge in [-0.2, -0.15) is 5.10 Å². The molecule has 1 heterocycles. The lowest BCUT2D eigenvalue weighted by Crippen LogP contribution is -1.92. The predicted molar refractivity (Wildman–Crippen MR) is 39.9 cm³/mol. The van der Waals surface area contributed by atoms with Crippen molar-refractivity contribution >= 4 is 17.3 Å². The van der Waals surface area contributed by atoms with Crippen LogP contribution < -0.4 is 5.73 Å². The number of aromatic nitrogens is 2. The number of anilines is 1. The second kappa shape index (κ2) is 1.89. The summed E-state index contributed by atoms with van der Waals surface area (Å²) in [4.78, 5) is 0. The molecule has 1 aromatic rings. The molecule has 2 rings (SSSR count). The van der Waals surface area contributed by atoms with Crippen molar-refractivity contribution < 1.29 is 0 Å². The SMILES string of the molecule is Nc1cn(C2CC2)nc1Cl. The normalized spacial score (nSPS) is 17.7. The summed E-state index contributed by atoms with van der Waals surface area (Å²) in [7, 11) is 0. The summed E-state index contributed by atoms with van der Waals surface area (Å²) in [6.45, 7) is 0. The average molecular weight is 158 g/mol. The van der Waals surface area contributed by atoms with Gasteiger partial charge in [0.2, 0.25) is 0 Å². The number of hydrogen-bond donors (Lipinski definition) is 1. The van der Waals surface area contributed by atoms with Gasteiger partial charge < -0.3 is 5.73 Å². The fraction of sp³-hybridized carbons (Fsp3) is 0.500. The molecule has 0 radical (unpaired) electrons. The second-order valence-electron chi connectivity index (χ2n) is 2.59. The molecule has 0 unspecified atom stereocenters. The molecule has 1 aliphatic rings. The predicted octanol–water partition coefficient (Wildman–Crippen LogP) is 1.45. The quantitative estimate of drug-likeness (QED) is 0.671. The Labute approximate surface area is 63.8 Å². The van der Waals surface area contributed by atoms with Crippen molar-refractivity contribution in [3.63, 3.8) is 0 Å². The summed E-state index contributed by atoms with van der Waals surface area (Å²) in [5.74, 6) is 0. The van der Waals surface area contributed by atoms with E-state index in [1.54, 1.807) is 6.20 Å². The van der Waals surface area contributed by atoms with Gasteiger partial charge in [0.15, 0.2) is 5.15 Å².